The molecule has 0 aromatic carbocycles. The third-order valence-electron chi connectivity index (χ3n) is 2.58. The number of aryl methyl sites for hydroxylation is 1. The Labute approximate surface area is 101 Å². The van der Waals surface area contributed by atoms with Crippen molar-refractivity contribution in [2.24, 2.45) is 0 Å². The van der Waals surface area contributed by atoms with Gasteiger partial charge in [0, 0.05) is 12.6 Å². The minimum absolute atomic E-state index is 0.175. The average molecular weight is 235 g/mol. The normalized spacial score (nSPS) is 10.5. The summed E-state index contributed by atoms with van der Waals surface area (Å²) in [7, 11) is 3.89. The zero-order valence-corrected chi connectivity index (χ0v) is 10.4. The molecule has 0 aliphatic heterocycles. The predicted octanol–water partition coefficient (Wildman–Crippen LogP) is 0.686. The molecule has 0 radical (unpaired) electrons. The number of aromatic nitrogens is 1. The van der Waals surface area contributed by atoms with E-state index in [9.17, 15) is 9.90 Å². The molecular weight excluding hydrogens is 218 g/mol. The summed E-state index contributed by atoms with van der Waals surface area (Å²) in [6.45, 7) is 2.88. The zero-order chi connectivity index (χ0) is 13.0. The van der Waals surface area contributed by atoms with E-state index in [1.807, 2.05) is 25.1 Å². The Morgan fingerprint density at radius 1 is 1.53 bits per heavy atom. The van der Waals surface area contributed by atoms with Gasteiger partial charge >= 0.3 is 0 Å². The molecular formula is C12H17N3O2. The van der Waals surface area contributed by atoms with Gasteiger partial charge < -0.3 is 10.0 Å². The second-order valence-corrected chi connectivity index (χ2v) is 4.28. The molecule has 0 saturated heterocycles. The van der Waals surface area contributed by atoms with Crippen molar-refractivity contribution in [2.45, 2.75) is 19.9 Å². The van der Waals surface area contributed by atoms with E-state index < -0.39 is 0 Å². The van der Waals surface area contributed by atoms with E-state index in [0.29, 0.717) is 12.1 Å². The molecule has 0 fully saturated rings. The zero-order valence-electron chi connectivity index (χ0n) is 10.4. The molecule has 92 valence electrons. The maximum atomic E-state index is 11.7. The van der Waals surface area contributed by atoms with Gasteiger partial charge in [0.1, 0.15) is 11.6 Å². The molecule has 1 heterocycles. The summed E-state index contributed by atoms with van der Waals surface area (Å²) < 4.78 is 1.25. The van der Waals surface area contributed by atoms with Crippen LogP contribution in [0.1, 0.15) is 17.5 Å². The minimum atomic E-state index is -0.266. The topological polar surface area (TPSA) is 69.3 Å². The molecule has 1 aromatic heterocycles. The van der Waals surface area contributed by atoms with E-state index in [4.69, 9.17) is 5.26 Å². The van der Waals surface area contributed by atoms with Gasteiger partial charge in [0.2, 0.25) is 5.88 Å². The van der Waals surface area contributed by atoms with E-state index in [0.717, 1.165) is 13.0 Å². The van der Waals surface area contributed by atoms with Crippen LogP contribution in [0.2, 0.25) is 0 Å². The molecule has 0 aliphatic carbocycles. The van der Waals surface area contributed by atoms with Crippen LogP contribution in [0.4, 0.5) is 0 Å². The van der Waals surface area contributed by atoms with Crippen LogP contribution in [0.3, 0.4) is 0 Å². The van der Waals surface area contributed by atoms with E-state index in [1.165, 1.54) is 10.6 Å². The van der Waals surface area contributed by atoms with Crippen molar-refractivity contribution in [1.82, 2.24) is 9.47 Å². The summed E-state index contributed by atoms with van der Waals surface area (Å²) in [5.41, 5.74) is 0.422. The highest BCUT2D eigenvalue weighted by Gasteiger charge is 2.11. The van der Waals surface area contributed by atoms with Crippen LogP contribution in [0.15, 0.2) is 10.9 Å². The monoisotopic (exact) mass is 235 g/mol. The summed E-state index contributed by atoms with van der Waals surface area (Å²) in [6, 6.07) is 3.29. The molecule has 1 N–H and O–H groups in total. The summed E-state index contributed by atoms with van der Waals surface area (Å²) in [5, 5.41) is 18.7. The maximum Gasteiger partial charge on any atom is 0.253 e. The lowest BCUT2D eigenvalue weighted by Gasteiger charge is -2.13. The molecule has 0 atom stereocenters. The second kappa shape index (κ2) is 5.51. The van der Waals surface area contributed by atoms with Crippen LogP contribution in [0.25, 0.3) is 0 Å². The van der Waals surface area contributed by atoms with Crippen molar-refractivity contribution in [3.63, 3.8) is 0 Å². The Morgan fingerprint density at radius 3 is 2.71 bits per heavy atom. The first-order valence-electron chi connectivity index (χ1n) is 5.45. The van der Waals surface area contributed by atoms with E-state index >= 15 is 0 Å². The van der Waals surface area contributed by atoms with Crippen LogP contribution in [0, 0.1) is 18.3 Å². The van der Waals surface area contributed by atoms with E-state index in [1.54, 1.807) is 6.92 Å². The second-order valence-electron chi connectivity index (χ2n) is 4.28. The maximum absolute atomic E-state index is 11.7. The van der Waals surface area contributed by atoms with Crippen molar-refractivity contribution < 1.29 is 5.11 Å². The van der Waals surface area contributed by atoms with Crippen molar-refractivity contribution in [2.75, 3.05) is 20.6 Å². The number of nitriles is 1. The van der Waals surface area contributed by atoms with Crippen LogP contribution < -0.4 is 5.56 Å². The first-order valence-corrected chi connectivity index (χ1v) is 5.45. The van der Waals surface area contributed by atoms with Gasteiger partial charge in [-0.05, 0) is 39.5 Å². The molecule has 17 heavy (non-hydrogen) atoms. The number of rotatable bonds is 4. The molecule has 0 aliphatic rings. The van der Waals surface area contributed by atoms with Gasteiger partial charge in [0.25, 0.3) is 5.56 Å². The fraction of sp³-hybridized carbons (Fsp3) is 0.500. The van der Waals surface area contributed by atoms with Gasteiger partial charge in [-0.2, -0.15) is 5.26 Å². The first-order chi connectivity index (χ1) is 7.97. The third kappa shape index (κ3) is 3.08. The lowest BCUT2D eigenvalue weighted by molar-refractivity contribution is 0.361. The summed E-state index contributed by atoms with van der Waals surface area (Å²) in [4.78, 5) is 13.7. The van der Waals surface area contributed by atoms with Gasteiger partial charge in [0.15, 0.2) is 0 Å². The predicted molar refractivity (Wildman–Crippen MR) is 65.0 cm³/mol. The Kier molecular flexibility index (Phi) is 4.30. The first kappa shape index (κ1) is 13.3. The van der Waals surface area contributed by atoms with Crippen LogP contribution in [-0.2, 0) is 6.54 Å². The van der Waals surface area contributed by atoms with E-state index in [2.05, 4.69) is 0 Å². The molecule has 0 spiro atoms. The number of nitrogens with zero attached hydrogens (tertiary/aromatic N) is 3. The van der Waals surface area contributed by atoms with Crippen LogP contribution in [0.5, 0.6) is 5.88 Å². The summed E-state index contributed by atoms with van der Waals surface area (Å²) in [6.07, 6.45) is 0.744. The molecule has 5 heteroatoms. The summed E-state index contributed by atoms with van der Waals surface area (Å²) in [5.74, 6) is -0.226. The standard InChI is InChI=1S/C12H17N3O2/c1-9-7-11(16)15(6-4-5-14(2)3)12(17)10(9)8-13/h7,17H,4-6H2,1-3H3. The molecule has 0 unspecified atom stereocenters. The fourth-order valence-corrected chi connectivity index (χ4v) is 1.65. The molecule has 1 aromatic rings. The van der Waals surface area contributed by atoms with Gasteiger partial charge in [-0.15, -0.1) is 0 Å². The van der Waals surface area contributed by atoms with Crippen molar-refractivity contribution in [3.05, 3.63) is 27.5 Å². The molecule has 0 amide bonds. The third-order valence-corrected chi connectivity index (χ3v) is 2.58. The van der Waals surface area contributed by atoms with Gasteiger partial charge in [-0.3, -0.25) is 9.36 Å². The quantitative estimate of drug-likeness (QED) is 0.833. The molecule has 1 rings (SSSR count). The van der Waals surface area contributed by atoms with Crippen molar-refractivity contribution >= 4 is 0 Å². The lowest BCUT2D eigenvalue weighted by Crippen LogP contribution is -2.23. The van der Waals surface area contributed by atoms with Crippen molar-refractivity contribution in [1.29, 1.82) is 5.26 Å². The van der Waals surface area contributed by atoms with Crippen LogP contribution >= 0.6 is 0 Å². The summed E-state index contributed by atoms with van der Waals surface area (Å²) >= 11 is 0. The largest absolute Gasteiger partial charge is 0.493 e. The molecule has 5 nitrogen and oxygen atoms in total. The highest BCUT2D eigenvalue weighted by molar-refractivity contribution is 5.43. The van der Waals surface area contributed by atoms with Crippen molar-refractivity contribution in [3.8, 4) is 11.9 Å². The van der Waals surface area contributed by atoms with Gasteiger partial charge in [-0.25, -0.2) is 0 Å². The number of pyridine rings is 1. The SMILES string of the molecule is Cc1cc(=O)n(CCCN(C)C)c(O)c1C#N. The van der Waals surface area contributed by atoms with E-state index in [-0.39, 0.29) is 17.0 Å². The minimum Gasteiger partial charge on any atom is -0.493 e. The van der Waals surface area contributed by atoms with Gasteiger partial charge in [-0.1, -0.05) is 0 Å². The number of aromatic hydroxyl groups is 1. The number of hydrogen-bond acceptors (Lipinski definition) is 4. The van der Waals surface area contributed by atoms with Gasteiger partial charge in [0.05, 0.1) is 0 Å². The molecule has 0 bridgehead atoms. The Balaban J connectivity index is 3.01. The number of hydrogen-bond donors (Lipinski definition) is 1. The van der Waals surface area contributed by atoms with Crippen LogP contribution in [-0.4, -0.2) is 35.2 Å². The Morgan fingerprint density at radius 2 is 2.18 bits per heavy atom. The molecule has 0 saturated carbocycles. The Bertz CT molecular complexity index is 498. The fourth-order valence-electron chi connectivity index (χ4n) is 1.65. The highest BCUT2D eigenvalue weighted by atomic mass is 16.3. The lowest BCUT2D eigenvalue weighted by atomic mass is 10.1. The Hall–Kier alpha value is -1.80. The average Bonchev–Trinajstić information content (AvgIpc) is 2.22. The highest BCUT2D eigenvalue weighted by Crippen LogP contribution is 2.17. The smallest absolute Gasteiger partial charge is 0.253 e.